The summed E-state index contributed by atoms with van der Waals surface area (Å²) in [7, 11) is 0. The zero-order chi connectivity index (χ0) is 12.4. The molecule has 0 aromatic heterocycles. The molecule has 0 amide bonds. The second-order valence-corrected chi connectivity index (χ2v) is 5.10. The highest BCUT2D eigenvalue weighted by Gasteiger charge is 2.29. The average Bonchev–Trinajstić information content (AvgIpc) is 3.09. The molecule has 94 valence electrons. The number of aliphatic hydroxyl groups is 1. The van der Waals surface area contributed by atoms with Gasteiger partial charge in [-0.15, -0.1) is 0 Å². The van der Waals surface area contributed by atoms with E-state index in [9.17, 15) is 10.2 Å². The topological polar surface area (TPSA) is 52.5 Å². The van der Waals surface area contributed by atoms with E-state index >= 15 is 0 Å². The highest BCUT2D eigenvalue weighted by atomic mass is 16.3. The number of benzene rings is 1. The summed E-state index contributed by atoms with van der Waals surface area (Å²) in [5.41, 5.74) is 1.94. The number of aryl methyl sites for hydroxylation is 1. The van der Waals surface area contributed by atoms with Crippen molar-refractivity contribution in [1.29, 1.82) is 0 Å². The van der Waals surface area contributed by atoms with Gasteiger partial charge in [-0.05, 0) is 44.2 Å². The highest BCUT2D eigenvalue weighted by Crippen LogP contribution is 2.32. The summed E-state index contributed by atoms with van der Waals surface area (Å²) in [6.07, 6.45) is 2.05. The van der Waals surface area contributed by atoms with Gasteiger partial charge in [-0.1, -0.05) is 12.1 Å². The fraction of sp³-hybridized carbons (Fsp3) is 0.571. The number of aliphatic hydroxyl groups excluding tert-OH is 1. The summed E-state index contributed by atoms with van der Waals surface area (Å²) >= 11 is 0. The van der Waals surface area contributed by atoms with Crippen molar-refractivity contribution in [3.63, 3.8) is 0 Å². The van der Waals surface area contributed by atoms with Gasteiger partial charge in [-0.25, -0.2) is 0 Å². The lowest BCUT2D eigenvalue weighted by atomic mass is 10.0. The standard InChI is InChI=1S/C14H21NO2/c1-9-3-6-12(13(16)7-9)10(2)15-8-14(17)11-4-5-11/h3,6-7,10-11,14-17H,4-5,8H2,1-2H3. The molecular formula is C14H21NO2. The molecule has 2 rings (SSSR count). The second kappa shape index (κ2) is 5.07. The molecule has 3 nitrogen and oxygen atoms in total. The molecule has 0 radical (unpaired) electrons. The Labute approximate surface area is 102 Å². The molecule has 0 spiro atoms. The Morgan fingerprint density at radius 2 is 2.12 bits per heavy atom. The lowest BCUT2D eigenvalue weighted by molar-refractivity contribution is 0.145. The average molecular weight is 235 g/mol. The lowest BCUT2D eigenvalue weighted by Gasteiger charge is -2.18. The van der Waals surface area contributed by atoms with Crippen LogP contribution in [0, 0.1) is 12.8 Å². The van der Waals surface area contributed by atoms with Gasteiger partial charge in [0.1, 0.15) is 5.75 Å². The Morgan fingerprint density at radius 1 is 1.41 bits per heavy atom. The van der Waals surface area contributed by atoms with E-state index in [2.05, 4.69) is 5.32 Å². The monoisotopic (exact) mass is 235 g/mol. The van der Waals surface area contributed by atoms with Gasteiger partial charge < -0.3 is 15.5 Å². The molecule has 1 fully saturated rings. The maximum atomic E-state index is 9.85. The SMILES string of the molecule is Cc1ccc(C(C)NCC(O)C2CC2)c(O)c1. The lowest BCUT2D eigenvalue weighted by Crippen LogP contribution is -2.30. The maximum absolute atomic E-state index is 9.85. The van der Waals surface area contributed by atoms with E-state index in [1.165, 1.54) is 0 Å². The van der Waals surface area contributed by atoms with Gasteiger partial charge in [0, 0.05) is 18.2 Å². The summed E-state index contributed by atoms with van der Waals surface area (Å²) in [4.78, 5) is 0. The third kappa shape index (κ3) is 3.20. The first-order valence-corrected chi connectivity index (χ1v) is 6.29. The quantitative estimate of drug-likeness (QED) is 0.732. The van der Waals surface area contributed by atoms with E-state index in [1.807, 2.05) is 26.0 Å². The van der Waals surface area contributed by atoms with E-state index < -0.39 is 0 Å². The van der Waals surface area contributed by atoms with E-state index in [4.69, 9.17) is 0 Å². The predicted octanol–water partition coefficient (Wildman–Crippen LogP) is 2.12. The largest absolute Gasteiger partial charge is 0.508 e. The van der Waals surface area contributed by atoms with Crippen molar-refractivity contribution in [3.05, 3.63) is 29.3 Å². The number of rotatable bonds is 5. The van der Waals surface area contributed by atoms with Crippen molar-refractivity contribution >= 4 is 0 Å². The minimum Gasteiger partial charge on any atom is -0.508 e. The van der Waals surface area contributed by atoms with Crippen LogP contribution in [0.15, 0.2) is 18.2 Å². The van der Waals surface area contributed by atoms with Crippen LogP contribution in [-0.2, 0) is 0 Å². The van der Waals surface area contributed by atoms with E-state index in [0.717, 1.165) is 24.0 Å². The van der Waals surface area contributed by atoms with Crippen LogP contribution in [0.3, 0.4) is 0 Å². The minimum atomic E-state index is -0.245. The molecule has 2 atom stereocenters. The highest BCUT2D eigenvalue weighted by molar-refractivity contribution is 5.37. The zero-order valence-corrected chi connectivity index (χ0v) is 10.5. The Balaban J connectivity index is 1.91. The Hall–Kier alpha value is -1.06. The van der Waals surface area contributed by atoms with Gasteiger partial charge in [-0.3, -0.25) is 0 Å². The van der Waals surface area contributed by atoms with Gasteiger partial charge in [0.15, 0.2) is 0 Å². The minimum absolute atomic E-state index is 0.0593. The summed E-state index contributed by atoms with van der Waals surface area (Å²) in [6, 6.07) is 5.75. The van der Waals surface area contributed by atoms with Crippen LogP contribution >= 0.6 is 0 Å². The number of phenolic OH excluding ortho intramolecular Hbond substituents is 1. The smallest absolute Gasteiger partial charge is 0.120 e. The van der Waals surface area contributed by atoms with Gasteiger partial charge >= 0.3 is 0 Å². The van der Waals surface area contributed by atoms with Crippen LogP contribution < -0.4 is 5.32 Å². The molecule has 0 aliphatic heterocycles. The molecule has 1 aromatic carbocycles. The van der Waals surface area contributed by atoms with E-state index in [0.29, 0.717) is 18.2 Å². The van der Waals surface area contributed by atoms with Crippen LogP contribution in [-0.4, -0.2) is 22.9 Å². The Kier molecular flexibility index (Phi) is 3.69. The van der Waals surface area contributed by atoms with Crippen LogP contribution in [0.5, 0.6) is 5.75 Å². The van der Waals surface area contributed by atoms with Crippen LogP contribution in [0.1, 0.15) is 36.9 Å². The van der Waals surface area contributed by atoms with Crippen LogP contribution in [0.2, 0.25) is 0 Å². The molecule has 1 aromatic rings. The molecule has 3 N–H and O–H groups in total. The predicted molar refractivity (Wildman–Crippen MR) is 68.0 cm³/mol. The van der Waals surface area contributed by atoms with Crippen LogP contribution in [0.4, 0.5) is 0 Å². The molecule has 17 heavy (non-hydrogen) atoms. The van der Waals surface area contributed by atoms with Crippen LogP contribution in [0.25, 0.3) is 0 Å². The summed E-state index contributed by atoms with van der Waals surface area (Å²) < 4.78 is 0. The van der Waals surface area contributed by atoms with E-state index in [1.54, 1.807) is 6.07 Å². The number of hydrogen-bond acceptors (Lipinski definition) is 3. The van der Waals surface area contributed by atoms with Crippen molar-refractivity contribution in [2.75, 3.05) is 6.54 Å². The van der Waals surface area contributed by atoms with Crippen molar-refractivity contribution < 1.29 is 10.2 Å². The first kappa shape index (κ1) is 12.4. The number of hydrogen-bond donors (Lipinski definition) is 3. The zero-order valence-electron chi connectivity index (χ0n) is 10.5. The Morgan fingerprint density at radius 3 is 2.71 bits per heavy atom. The molecule has 0 heterocycles. The molecule has 0 saturated heterocycles. The van der Waals surface area contributed by atoms with E-state index in [-0.39, 0.29) is 12.1 Å². The molecular weight excluding hydrogens is 214 g/mol. The molecule has 0 bridgehead atoms. The number of phenols is 1. The molecule has 3 heteroatoms. The first-order valence-electron chi connectivity index (χ1n) is 6.29. The summed E-state index contributed by atoms with van der Waals surface area (Å²) in [5, 5.41) is 22.9. The number of aromatic hydroxyl groups is 1. The second-order valence-electron chi connectivity index (χ2n) is 5.10. The fourth-order valence-electron chi connectivity index (χ4n) is 2.08. The van der Waals surface area contributed by atoms with Crippen molar-refractivity contribution in [2.45, 2.75) is 38.8 Å². The maximum Gasteiger partial charge on any atom is 0.120 e. The number of nitrogens with one attached hydrogen (secondary N) is 1. The first-order chi connectivity index (χ1) is 8.08. The molecule has 1 saturated carbocycles. The van der Waals surface area contributed by atoms with Gasteiger partial charge in [0.25, 0.3) is 0 Å². The third-order valence-corrected chi connectivity index (χ3v) is 3.45. The normalized spacial score (nSPS) is 19.0. The molecule has 1 aliphatic carbocycles. The summed E-state index contributed by atoms with van der Waals surface area (Å²) in [5.74, 6) is 0.812. The Bertz CT molecular complexity index is 388. The fourth-order valence-corrected chi connectivity index (χ4v) is 2.08. The van der Waals surface area contributed by atoms with Crippen molar-refractivity contribution in [1.82, 2.24) is 5.32 Å². The van der Waals surface area contributed by atoms with Gasteiger partial charge in [0.2, 0.25) is 0 Å². The third-order valence-electron chi connectivity index (χ3n) is 3.45. The van der Waals surface area contributed by atoms with Gasteiger partial charge in [0.05, 0.1) is 6.10 Å². The van der Waals surface area contributed by atoms with Gasteiger partial charge in [-0.2, -0.15) is 0 Å². The summed E-state index contributed by atoms with van der Waals surface area (Å²) in [6.45, 7) is 4.56. The molecule has 2 unspecified atom stereocenters. The van der Waals surface area contributed by atoms with Crippen molar-refractivity contribution in [2.24, 2.45) is 5.92 Å². The molecule has 1 aliphatic rings. The van der Waals surface area contributed by atoms with Crippen molar-refractivity contribution in [3.8, 4) is 5.75 Å².